The van der Waals surface area contributed by atoms with E-state index in [0.29, 0.717) is 0 Å². The molecule has 0 saturated heterocycles. The molecule has 1 atom stereocenters. The van der Waals surface area contributed by atoms with Crippen molar-refractivity contribution in [3.8, 4) is 5.69 Å². The molecular formula is C17H19N3O. The van der Waals surface area contributed by atoms with Gasteiger partial charge in [-0.15, -0.1) is 0 Å². The summed E-state index contributed by atoms with van der Waals surface area (Å²) in [7, 11) is 0. The van der Waals surface area contributed by atoms with Gasteiger partial charge in [-0.05, 0) is 43.3 Å². The van der Waals surface area contributed by atoms with Gasteiger partial charge in [0.2, 0.25) is 0 Å². The number of nitrogens with zero attached hydrogens (tertiary/aromatic N) is 2. The van der Waals surface area contributed by atoms with Gasteiger partial charge in [0.15, 0.2) is 0 Å². The molecule has 108 valence electrons. The van der Waals surface area contributed by atoms with E-state index in [0.717, 1.165) is 29.2 Å². The normalized spacial score (nSPS) is 12.5. The van der Waals surface area contributed by atoms with Crippen molar-refractivity contribution in [1.82, 2.24) is 15.1 Å². The Balaban J connectivity index is 2.06. The Morgan fingerprint density at radius 1 is 1.19 bits per heavy atom. The summed E-state index contributed by atoms with van der Waals surface area (Å²) >= 11 is 0. The minimum Gasteiger partial charge on any atom is -0.467 e. The van der Waals surface area contributed by atoms with E-state index in [1.807, 2.05) is 41.2 Å². The molecule has 2 aromatic heterocycles. The van der Waals surface area contributed by atoms with E-state index < -0.39 is 0 Å². The second kappa shape index (κ2) is 5.97. The van der Waals surface area contributed by atoms with Gasteiger partial charge < -0.3 is 9.73 Å². The van der Waals surface area contributed by atoms with E-state index in [1.165, 1.54) is 0 Å². The lowest BCUT2D eigenvalue weighted by Crippen LogP contribution is -2.24. The van der Waals surface area contributed by atoms with Gasteiger partial charge in [0.25, 0.3) is 0 Å². The SMILES string of the molecule is CCNC(c1occc1C)c1ccnn1-c1ccccc1. The number of furan rings is 1. The van der Waals surface area contributed by atoms with Crippen LogP contribution >= 0.6 is 0 Å². The van der Waals surface area contributed by atoms with E-state index in [9.17, 15) is 0 Å². The Hall–Kier alpha value is -2.33. The number of para-hydroxylation sites is 1. The van der Waals surface area contributed by atoms with Gasteiger partial charge >= 0.3 is 0 Å². The van der Waals surface area contributed by atoms with E-state index in [4.69, 9.17) is 4.42 Å². The number of rotatable bonds is 5. The number of hydrogen-bond donors (Lipinski definition) is 1. The van der Waals surface area contributed by atoms with E-state index in [-0.39, 0.29) is 6.04 Å². The van der Waals surface area contributed by atoms with Crippen molar-refractivity contribution in [2.75, 3.05) is 6.54 Å². The van der Waals surface area contributed by atoms with E-state index in [1.54, 1.807) is 6.26 Å². The molecule has 2 heterocycles. The second-order valence-corrected chi connectivity index (χ2v) is 4.96. The van der Waals surface area contributed by atoms with Crippen LogP contribution in [0.25, 0.3) is 5.69 Å². The summed E-state index contributed by atoms with van der Waals surface area (Å²) in [6, 6.07) is 14.1. The smallest absolute Gasteiger partial charge is 0.129 e. The molecule has 0 amide bonds. The average Bonchev–Trinajstić information content (AvgIpc) is 3.15. The molecular weight excluding hydrogens is 262 g/mol. The Kier molecular flexibility index (Phi) is 3.88. The molecule has 3 rings (SSSR count). The Morgan fingerprint density at radius 3 is 2.67 bits per heavy atom. The lowest BCUT2D eigenvalue weighted by Gasteiger charge is -2.18. The van der Waals surface area contributed by atoms with Crippen LogP contribution in [0.3, 0.4) is 0 Å². The van der Waals surface area contributed by atoms with Gasteiger partial charge in [0.05, 0.1) is 17.6 Å². The molecule has 0 bridgehead atoms. The minimum absolute atomic E-state index is 0.00675. The molecule has 0 saturated carbocycles. The topological polar surface area (TPSA) is 43.0 Å². The van der Waals surface area contributed by atoms with Crippen LogP contribution in [-0.2, 0) is 0 Å². The van der Waals surface area contributed by atoms with Crippen LogP contribution in [0.4, 0.5) is 0 Å². The van der Waals surface area contributed by atoms with Crippen molar-refractivity contribution in [3.05, 3.63) is 71.9 Å². The summed E-state index contributed by atoms with van der Waals surface area (Å²) < 4.78 is 7.64. The molecule has 3 aromatic rings. The minimum atomic E-state index is -0.00675. The number of hydrogen-bond acceptors (Lipinski definition) is 3. The number of aryl methyl sites for hydroxylation is 1. The number of aromatic nitrogens is 2. The van der Waals surface area contributed by atoms with Crippen LogP contribution in [0.5, 0.6) is 0 Å². The average molecular weight is 281 g/mol. The van der Waals surface area contributed by atoms with Crippen LogP contribution in [-0.4, -0.2) is 16.3 Å². The maximum absolute atomic E-state index is 5.69. The molecule has 0 aliphatic carbocycles. The largest absolute Gasteiger partial charge is 0.467 e. The Bertz CT molecular complexity index is 700. The number of benzene rings is 1. The monoisotopic (exact) mass is 281 g/mol. The molecule has 4 heteroatoms. The first-order valence-electron chi connectivity index (χ1n) is 7.18. The maximum Gasteiger partial charge on any atom is 0.129 e. The van der Waals surface area contributed by atoms with Gasteiger partial charge in [0.1, 0.15) is 11.8 Å². The van der Waals surface area contributed by atoms with Crippen molar-refractivity contribution < 1.29 is 4.42 Å². The van der Waals surface area contributed by atoms with Crippen LogP contribution in [0.1, 0.15) is 30.0 Å². The lowest BCUT2D eigenvalue weighted by molar-refractivity contribution is 0.439. The molecule has 0 spiro atoms. The number of nitrogens with one attached hydrogen (secondary N) is 1. The third kappa shape index (κ3) is 2.62. The fraction of sp³-hybridized carbons (Fsp3) is 0.235. The molecule has 4 nitrogen and oxygen atoms in total. The highest BCUT2D eigenvalue weighted by Crippen LogP contribution is 2.27. The molecule has 1 N–H and O–H groups in total. The van der Waals surface area contributed by atoms with Crippen LogP contribution in [0, 0.1) is 6.92 Å². The fourth-order valence-corrected chi connectivity index (χ4v) is 2.53. The molecule has 21 heavy (non-hydrogen) atoms. The van der Waals surface area contributed by atoms with Gasteiger partial charge in [-0.2, -0.15) is 5.10 Å². The molecule has 0 aliphatic rings. The standard InChI is InChI=1S/C17H19N3O/c1-3-18-16(17-13(2)10-12-21-17)15-9-11-19-20(15)14-7-5-4-6-8-14/h4-12,16,18H,3H2,1-2H3. The Morgan fingerprint density at radius 2 is 2.00 bits per heavy atom. The van der Waals surface area contributed by atoms with Gasteiger partial charge in [-0.25, -0.2) is 4.68 Å². The van der Waals surface area contributed by atoms with Crippen molar-refractivity contribution >= 4 is 0 Å². The lowest BCUT2D eigenvalue weighted by atomic mass is 10.1. The quantitative estimate of drug-likeness (QED) is 0.778. The summed E-state index contributed by atoms with van der Waals surface area (Å²) in [6.45, 7) is 5.01. The van der Waals surface area contributed by atoms with Crippen molar-refractivity contribution in [1.29, 1.82) is 0 Å². The molecule has 0 aliphatic heterocycles. The third-order valence-electron chi connectivity index (χ3n) is 3.54. The Labute approximate surface area is 124 Å². The van der Waals surface area contributed by atoms with Gasteiger partial charge in [-0.1, -0.05) is 25.1 Å². The fourth-order valence-electron chi connectivity index (χ4n) is 2.53. The predicted octanol–water partition coefficient (Wildman–Crippen LogP) is 3.47. The van der Waals surface area contributed by atoms with Crippen LogP contribution in [0.2, 0.25) is 0 Å². The molecule has 0 fully saturated rings. The highest BCUT2D eigenvalue weighted by molar-refractivity contribution is 5.36. The zero-order chi connectivity index (χ0) is 14.7. The summed E-state index contributed by atoms with van der Waals surface area (Å²) in [5.41, 5.74) is 3.26. The van der Waals surface area contributed by atoms with E-state index in [2.05, 4.69) is 36.4 Å². The molecule has 1 aromatic carbocycles. The van der Waals surface area contributed by atoms with E-state index >= 15 is 0 Å². The first kappa shape index (κ1) is 13.6. The highest BCUT2D eigenvalue weighted by Gasteiger charge is 2.22. The highest BCUT2D eigenvalue weighted by atomic mass is 16.3. The predicted molar refractivity (Wildman–Crippen MR) is 82.5 cm³/mol. The zero-order valence-electron chi connectivity index (χ0n) is 12.3. The maximum atomic E-state index is 5.69. The van der Waals surface area contributed by atoms with Gasteiger partial charge in [0, 0.05) is 6.20 Å². The third-order valence-corrected chi connectivity index (χ3v) is 3.54. The zero-order valence-corrected chi connectivity index (χ0v) is 12.3. The van der Waals surface area contributed by atoms with Crippen molar-refractivity contribution in [3.63, 3.8) is 0 Å². The summed E-state index contributed by atoms with van der Waals surface area (Å²) in [6.07, 6.45) is 3.56. The second-order valence-electron chi connectivity index (χ2n) is 4.96. The summed E-state index contributed by atoms with van der Waals surface area (Å²) in [5, 5.41) is 7.95. The first-order valence-corrected chi connectivity index (χ1v) is 7.18. The van der Waals surface area contributed by atoms with Crippen molar-refractivity contribution in [2.45, 2.75) is 19.9 Å². The summed E-state index contributed by atoms with van der Waals surface area (Å²) in [4.78, 5) is 0. The molecule has 0 radical (unpaired) electrons. The van der Waals surface area contributed by atoms with Crippen LogP contribution in [0.15, 0.2) is 59.3 Å². The first-order chi connectivity index (χ1) is 10.3. The van der Waals surface area contributed by atoms with Gasteiger partial charge in [-0.3, -0.25) is 0 Å². The van der Waals surface area contributed by atoms with Crippen molar-refractivity contribution in [2.24, 2.45) is 0 Å². The molecule has 1 unspecified atom stereocenters. The summed E-state index contributed by atoms with van der Waals surface area (Å²) in [5.74, 6) is 0.939. The van der Waals surface area contributed by atoms with Crippen LogP contribution < -0.4 is 5.32 Å².